The molecule has 0 aromatic carbocycles. The fourth-order valence-corrected chi connectivity index (χ4v) is 3.96. The molecule has 1 aromatic heterocycles. The summed E-state index contributed by atoms with van der Waals surface area (Å²) in [4.78, 5) is 31.9. The van der Waals surface area contributed by atoms with Crippen LogP contribution < -0.4 is 5.14 Å². The standard InChI is InChI=1S/C16H26N4O4S2/c1-10(2)7-12(8-18-14(22)24-16(4,5)6)13(21)20-26(17,23)15-19-11(3)9-25-15/h8-10,12H,7H2,1-6H3,(H2,17,20,21,23). The molecule has 2 atom stereocenters. The molecule has 10 heteroatoms. The number of hydrogen-bond acceptors (Lipinski definition) is 6. The molecule has 1 aromatic rings. The Balaban J connectivity index is 3.05. The van der Waals surface area contributed by atoms with Crippen LogP contribution in [-0.4, -0.2) is 33.0 Å². The first-order valence-corrected chi connectivity index (χ1v) is 10.5. The Bertz CT molecular complexity index is 799. The zero-order valence-electron chi connectivity index (χ0n) is 15.9. The van der Waals surface area contributed by atoms with Gasteiger partial charge in [0.25, 0.3) is 5.91 Å². The van der Waals surface area contributed by atoms with Crippen LogP contribution in [0.5, 0.6) is 0 Å². The summed E-state index contributed by atoms with van der Waals surface area (Å²) in [5, 5.41) is 7.39. The van der Waals surface area contributed by atoms with E-state index in [0.717, 1.165) is 11.3 Å². The van der Waals surface area contributed by atoms with Gasteiger partial charge in [0.2, 0.25) is 4.34 Å². The van der Waals surface area contributed by atoms with Crippen LogP contribution in [0.3, 0.4) is 0 Å². The van der Waals surface area contributed by atoms with E-state index < -0.39 is 33.4 Å². The van der Waals surface area contributed by atoms with Gasteiger partial charge < -0.3 is 4.74 Å². The highest BCUT2D eigenvalue weighted by Gasteiger charge is 2.23. The Morgan fingerprint density at radius 2 is 2.04 bits per heavy atom. The summed E-state index contributed by atoms with van der Waals surface area (Å²) < 4.78 is 21.4. The van der Waals surface area contributed by atoms with E-state index in [1.807, 2.05) is 13.8 Å². The van der Waals surface area contributed by atoms with Crippen molar-refractivity contribution in [3.05, 3.63) is 11.1 Å². The number of carbonyl (C=O) groups is 2. The van der Waals surface area contributed by atoms with Crippen LogP contribution in [0.4, 0.5) is 4.79 Å². The number of carbonyl (C=O) groups excluding carboxylic acids is 2. The molecule has 8 nitrogen and oxygen atoms in total. The van der Waals surface area contributed by atoms with Gasteiger partial charge in [0.15, 0.2) is 9.92 Å². The average Bonchev–Trinajstić information content (AvgIpc) is 2.88. The molecular weight excluding hydrogens is 376 g/mol. The number of nitrogens with two attached hydrogens (primary N) is 1. The molecule has 0 saturated heterocycles. The van der Waals surface area contributed by atoms with Gasteiger partial charge in [-0.1, -0.05) is 13.8 Å². The van der Waals surface area contributed by atoms with Crippen molar-refractivity contribution in [3.63, 3.8) is 0 Å². The van der Waals surface area contributed by atoms with Gasteiger partial charge in [0.1, 0.15) is 5.60 Å². The number of amides is 2. The van der Waals surface area contributed by atoms with Gasteiger partial charge in [-0.05, 0) is 40.0 Å². The summed E-state index contributed by atoms with van der Waals surface area (Å²) in [5.74, 6) is -1.40. The monoisotopic (exact) mass is 402 g/mol. The number of aryl methyl sites for hydroxylation is 1. The second-order valence-electron chi connectivity index (χ2n) is 7.25. The van der Waals surface area contributed by atoms with Crippen LogP contribution in [0.2, 0.25) is 0 Å². The van der Waals surface area contributed by atoms with Gasteiger partial charge in [-0.25, -0.2) is 19.1 Å². The lowest BCUT2D eigenvalue weighted by Crippen LogP contribution is -2.24. The second-order valence-corrected chi connectivity index (χ2v) is 10.1. The lowest BCUT2D eigenvalue weighted by molar-refractivity contribution is -0.119. The summed E-state index contributed by atoms with van der Waals surface area (Å²) in [6, 6.07) is 0. The normalized spacial score (nSPS) is 15.7. The van der Waals surface area contributed by atoms with Crippen molar-refractivity contribution in [3.8, 4) is 0 Å². The topological polar surface area (TPSA) is 124 Å². The molecule has 0 aliphatic heterocycles. The Morgan fingerprint density at radius 3 is 2.50 bits per heavy atom. The van der Waals surface area contributed by atoms with Crippen LogP contribution >= 0.6 is 11.3 Å². The highest BCUT2D eigenvalue weighted by Crippen LogP contribution is 2.18. The van der Waals surface area contributed by atoms with Crippen molar-refractivity contribution in [2.45, 2.75) is 57.9 Å². The number of thiazole rings is 1. The molecule has 26 heavy (non-hydrogen) atoms. The number of aliphatic imine (C=N–C) groups is 1. The Hall–Kier alpha value is -1.65. The maximum Gasteiger partial charge on any atom is 0.433 e. The van der Waals surface area contributed by atoms with Crippen LogP contribution in [0.1, 0.15) is 46.7 Å². The van der Waals surface area contributed by atoms with Crippen LogP contribution in [0, 0.1) is 18.8 Å². The maximum atomic E-state index is 12.5. The van der Waals surface area contributed by atoms with E-state index in [-0.39, 0.29) is 10.3 Å². The van der Waals surface area contributed by atoms with E-state index in [0.29, 0.717) is 12.1 Å². The average molecular weight is 403 g/mol. The third-order valence-electron chi connectivity index (χ3n) is 2.87. The molecule has 1 rings (SSSR count). The predicted molar refractivity (Wildman–Crippen MR) is 103 cm³/mol. The minimum absolute atomic E-state index is 0.0933. The van der Waals surface area contributed by atoms with Crippen molar-refractivity contribution < 1.29 is 18.5 Å². The van der Waals surface area contributed by atoms with Crippen molar-refractivity contribution in [1.29, 1.82) is 0 Å². The largest absolute Gasteiger partial charge is 0.442 e. The zero-order chi connectivity index (χ0) is 20.1. The quantitative estimate of drug-likeness (QED) is 0.756. The number of ether oxygens (including phenoxy) is 1. The minimum atomic E-state index is -3.43. The van der Waals surface area contributed by atoms with E-state index in [4.69, 9.17) is 9.88 Å². The van der Waals surface area contributed by atoms with Gasteiger partial charge >= 0.3 is 6.09 Å². The highest BCUT2D eigenvalue weighted by atomic mass is 32.2. The highest BCUT2D eigenvalue weighted by molar-refractivity contribution is 7.93. The van der Waals surface area contributed by atoms with Gasteiger partial charge in [-0.15, -0.1) is 15.7 Å². The Morgan fingerprint density at radius 1 is 1.42 bits per heavy atom. The van der Waals surface area contributed by atoms with E-state index in [2.05, 4.69) is 14.3 Å². The first-order valence-electron chi connectivity index (χ1n) is 8.08. The van der Waals surface area contributed by atoms with Crippen LogP contribution in [0.15, 0.2) is 19.1 Å². The molecule has 0 spiro atoms. The number of hydrogen-bond donors (Lipinski definition) is 1. The molecule has 0 aliphatic carbocycles. The van der Waals surface area contributed by atoms with Gasteiger partial charge in [0.05, 0.1) is 5.92 Å². The molecule has 0 aliphatic rings. The molecule has 1 heterocycles. The van der Waals surface area contributed by atoms with Gasteiger partial charge in [-0.3, -0.25) is 4.79 Å². The number of rotatable bonds is 5. The third kappa shape index (κ3) is 7.71. The number of nitrogens with zero attached hydrogens (tertiary/aromatic N) is 3. The molecule has 0 bridgehead atoms. The molecule has 2 N–H and O–H groups in total. The third-order valence-corrected chi connectivity index (χ3v) is 5.67. The number of aromatic nitrogens is 1. The SMILES string of the molecule is Cc1csc(S(N)(=O)=NC(=O)C(C=NC(=O)OC(C)(C)C)CC(C)C)n1. The summed E-state index contributed by atoms with van der Waals surface area (Å²) in [7, 11) is -3.43. The molecular formula is C16H26N4O4S2. The van der Waals surface area contributed by atoms with E-state index in [1.54, 1.807) is 33.1 Å². The van der Waals surface area contributed by atoms with Crippen molar-refractivity contribution in [2.75, 3.05) is 0 Å². The van der Waals surface area contributed by atoms with E-state index >= 15 is 0 Å². The lowest BCUT2D eigenvalue weighted by atomic mass is 9.98. The summed E-state index contributed by atoms with van der Waals surface area (Å²) >= 11 is 1.08. The Labute approximate surface area is 158 Å². The van der Waals surface area contributed by atoms with Crippen LogP contribution in [0.25, 0.3) is 0 Å². The minimum Gasteiger partial charge on any atom is -0.442 e. The van der Waals surface area contributed by atoms with E-state index in [9.17, 15) is 13.8 Å². The molecule has 146 valence electrons. The second kappa shape index (κ2) is 8.83. The lowest BCUT2D eigenvalue weighted by Gasteiger charge is -2.17. The summed E-state index contributed by atoms with van der Waals surface area (Å²) in [6.45, 7) is 10.7. The smallest absolute Gasteiger partial charge is 0.433 e. The molecule has 2 amide bonds. The molecule has 0 fully saturated rings. The summed E-state index contributed by atoms with van der Waals surface area (Å²) in [5.41, 5.74) is -0.0407. The van der Waals surface area contributed by atoms with E-state index in [1.165, 1.54) is 6.21 Å². The first kappa shape index (κ1) is 22.4. The Kier molecular flexibility index (Phi) is 7.60. The fourth-order valence-electron chi connectivity index (χ4n) is 1.88. The fraction of sp³-hybridized carbons (Fsp3) is 0.625. The van der Waals surface area contributed by atoms with Crippen LogP contribution in [-0.2, 0) is 19.4 Å². The van der Waals surface area contributed by atoms with Crippen molar-refractivity contribution >= 4 is 39.5 Å². The first-order chi connectivity index (χ1) is 11.8. The molecule has 2 unspecified atom stereocenters. The molecule has 0 radical (unpaired) electrons. The van der Waals surface area contributed by atoms with Gasteiger partial charge in [0, 0.05) is 17.3 Å². The van der Waals surface area contributed by atoms with Crippen molar-refractivity contribution in [1.82, 2.24) is 4.98 Å². The summed E-state index contributed by atoms with van der Waals surface area (Å²) in [6.07, 6.45) is 0.756. The zero-order valence-corrected chi connectivity index (χ0v) is 17.5. The van der Waals surface area contributed by atoms with Gasteiger partial charge in [-0.2, -0.15) is 4.99 Å². The predicted octanol–water partition coefficient (Wildman–Crippen LogP) is 3.35. The van der Waals surface area contributed by atoms with Crippen molar-refractivity contribution in [2.24, 2.45) is 26.3 Å². The molecule has 0 saturated carbocycles. The maximum absolute atomic E-state index is 12.5.